The predicted molar refractivity (Wildman–Crippen MR) is 76.6 cm³/mol. The molecule has 1 nitrogen and oxygen atoms in total. The predicted octanol–water partition coefficient (Wildman–Crippen LogP) is 5.18. The minimum absolute atomic E-state index is 0.00718. The van der Waals surface area contributed by atoms with E-state index in [1.54, 1.807) is 6.07 Å². The summed E-state index contributed by atoms with van der Waals surface area (Å²) < 4.78 is 38.5. The molecule has 0 spiro atoms. The standard InChI is InChI=1S/C16H24F3N/c1-4-10-20-15(12(5-2)6-3)13-8-7-9-14(11-13)16(17,18)19/h7-9,11-12,15,20H,4-6,10H2,1-3H3. The van der Waals surface area contributed by atoms with Crippen molar-refractivity contribution in [1.82, 2.24) is 5.32 Å². The zero-order valence-electron chi connectivity index (χ0n) is 12.4. The molecule has 20 heavy (non-hydrogen) atoms. The summed E-state index contributed by atoms with van der Waals surface area (Å²) in [7, 11) is 0. The van der Waals surface area contributed by atoms with Gasteiger partial charge in [0.2, 0.25) is 0 Å². The van der Waals surface area contributed by atoms with Crippen molar-refractivity contribution in [2.45, 2.75) is 52.3 Å². The van der Waals surface area contributed by atoms with E-state index in [9.17, 15) is 13.2 Å². The molecule has 1 rings (SSSR count). The second-order valence-corrected chi connectivity index (χ2v) is 5.13. The topological polar surface area (TPSA) is 12.0 Å². The van der Waals surface area contributed by atoms with Crippen LogP contribution in [0, 0.1) is 5.92 Å². The molecule has 0 fully saturated rings. The molecule has 0 amide bonds. The average Bonchev–Trinajstić information content (AvgIpc) is 2.42. The van der Waals surface area contributed by atoms with E-state index < -0.39 is 11.7 Å². The van der Waals surface area contributed by atoms with Gasteiger partial charge in [-0.2, -0.15) is 13.2 Å². The first-order chi connectivity index (χ1) is 9.43. The summed E-state index contributed by atoms with van der Waals surface area (Å²) in [4.78, 5) is 0. The van der Waals surface area contributed by atoms with Gasteiger partial charge in [0.1, 0.15) is 0 Å². The smallest absolute Gasteiger partial charge is 0.310 e. The zero-order chi connectivity index (χ0) is 15.2. The van der Waals surface area contributed by atoms with Crippen LogP contribution in [0.3, 0.4) is 0 Å². The van der Waals surface area contributed by atoms with E-state index in [1.165, 1.54) is 12.1 Å². The number of hydrogen-bond acceptors (Lipinski definition) is 1. The van der Waals surface area contributed by atoms with Gasteiger partial charge in [0.25, 0.3) is 0 Å². The van der Waals surface area contributed by atoms with E-state index in [2.05, 4.69) is 26.1 Å². The van der Waals surface area contributed by atoms with E-state index in [1.807, 2.05) is 0 Å². The highest BCUT2D eigenvalue weighted by Gasteiger charge is 2.31. The lowest BCUT2D eigenvalue weighted by molar-refractivity contribution is -0.137. The summed E-state index contributed by atoms with van der Waals surface area (Å²) in [6.07, 6.45) is -1.41. The lowest BCUT2D eigenvalue weighted by atomic mass is 9.88. The van der Waals surface area contributed by atoms with Gasteiger partial charge in [-0.3, -0.25) is 0 Å². The highest BCUT2D eigenvalue weighted by atomic mass is 19.4. The van der Waals surface area contributed by atoms with Crippen LogP contribution in [0.5, 0.6) is 0 Å². The number of benzene rings is 1. The quantitative estimate of drug-likeness (QED) is 0.728. The number of nitrogens with one attached hydrogen (secondary N) is 1. The lowest BCUT2D eigenvalue weighted by Crippen LogP contribution is -2.29. The molecule has 0 bridgehead atoms. The Balaban J connectivity index is 3.06. The summed E-state index contributed by atoms with van der Waals surface area (Å²) in [5.41, 5.74) is 0.172. The molecular weight excluding hydrogens is 263 g/mol. The molecular formula is C16H24F3N. The Labute approximate surface area is 119 Å². The van der Waals surface area contributed by atoms with Gasteiger partial charge in [-0.25, -0.2) is 0 Å². The molecule has 114 valence electrons. The van der Waals surface area contributed by atoms with Gasteiger partial charge in [-0.1, -0.05) is 45.7 Å². The van der Waals surface area contributed by atoms with E-state index in [4.69, 9.17) is 0 Å². The fraction of sp³-hybridized carbons (Fsp3) is 0.625. The van der Waals surface area contributed by atoms with Crippen molar-refractivity contribution in [2.24, 2.45) is 5.92 Å². The highest BCUT2D eigenvalue weighted by Crippen LogP contribution is 2.33. The lowest BCUT2D eigenvalue weighted by Gasteiger charge is -2.27. The van der Waals surface area contributed by atoms with Gasteiger partial charge in [-0.05, 0) is 36.6 Å². The maximum Gasteiger partial charge on any atom is 0.416 e. The Hall–Kier alpha value is -1.03. The molecule has 1 atom stereocenters. The monoisotopic (exact) mass is 287 g/mol. The molecule has 1 aromatic carbocycles. The van der Waals surface area contributed by atoms with Gasteiger partial charge in [0, 0.05) is 6.04 Å². The number of halogens is 3. The maximum atomic E-state index is 12.8. The Morgan fingerprint density at radius 1 is 1.10 bits per heavy atom. The fourth-order valence-corrected chi connectivity index (χ4v) is 2.53. The molecule has 0 radical (unpaired) electrons. The van der Waals surface area contributed by atoms with E-state index >= 15 is 0 Å². The number of alkyl halides is 3. The first-order valence-electron chi connectivity index (χ1n) is 7.34. The molecule has 0 heterocycles. The van der Waals surface area contributed by atoms with Gasteiger partial charge in [-0.15, -0.1) is 0 Å². The normalized spacial score (nSPS) is 13.8. The van der Waals surface area contributed by atoms with Crippen molar-refractivity contribution in [2.75, 3.05) is 6.54 Å². The minimum Gasteiger partial charge on any atom is -0.310 e. The summed E-state index contributed by atoms with van der Waals surface area (Å²) in [5.74, 6) is 0.352. The van der Waals surface area contributed by atoms with E-state index in [-0.39, 0.29) is 6.04 Å². The molecule has 1 N–H and O–H groups in total. The van der Waals surface area contributed by atoms with Crippen molar-refractivity contribution in [3.05, 3.63) is 35.4 Å². The zero-order valence-corrected chi connectivity index (χ0v) is 12.4. The molecule has 0 aliphatic carbocycles. The third-order valence-electron chi connectivity index (χ3n) is 3.71. The van der Waals surface area contributed by atoms with Gasteiger partial charge in [0.15, 0.2) is 0 Å². The van der Waals surface area contributed by atoms with Crippen LogP contribution in [0.1, 0.15) is 57.2 Å². The second kappa shape index (κ2) is 7.67. The van der Waals surface area contributed by atoms with Crippen LogP contribution in [0.25, 0.3) is 0 Å². The molecule has 0 saturated heterocycles. The summed E-state index contributed by atoms with van der Waals surface area (Å²) >= 11 is 0. The van der Waals surface area contributed by atoms with E-state index in [0.717, 1.165) is 37.4 Å². The molecule has 0 aliphatic heterocycles. The van der Waals surface area contributed by atoms with Crippen molar-refractivity contribution < 1.29 is 13.2 Å². The first kappa shape index (κ1) is 17.0. The second-order valence-electron chi connectivity index (χ2n) is 5.13. The van der Waals surface area contributed by atoms with Crippen LogP contribution >= 0.6 is 0 Å². The van der Waals surface area contributed by atoms with E-state index in [0.29, 0.717) is 5.92 Å². The van der Waals surface area contributed by atoms with Crippen molar-refractivity contribution in [3.63, 3.8) is 0 Å². The first-order valence-corrected chi connectivity index (χ1v) is 7.34. The molecule has 0 aliphatic rings. The van der Waals surface area contributed by atoms with Gasteiger partial charge < -0.3 is 5.32 Å². The van der Waals surface area contributed by atoms with Gasteiger partial charge in [0.05, 0.1) is 5.56 Å². The van der Waals surface area contributed by atoms with Crippen LogP contribution in [-0.2, 0) is 6.18 Å². The molecule has 4 heteroatoms. The number of hydrogen-bond donors (Lipinski definition) is 1. The highest BCUT2D eigenvalue weighted by molar-refractivity contribution is 5.28. The third kappa shape index (κ3) is 4.51. The Morgan fingerprint density at radius 3 is 2.25 bits per heavy atom. The molecule has 1 unspecified atom stereocenters. The maximum absolute atomic E-state index is 12.8. The van der Waals surface area contributed by atoms with Crippen LogP contribution in [-0.4, -0.2) is 6.54 Å². The summed E-state index contributed by atoms with van der Waals surface area (Å²) in [6.45, 7) is 7.05. The fourth-order valence-electron chi connectivity index (χ4n) is 2.53. The van der Waals surface area contributed by atoms with Crippen LogP contribution in [0.4, 0.5) is 13.2 Å². The molecule has 1 aromatic rings. The average molecular weight is 287 g/mol. The largest absolute Gasteiger partial charge is 0.416 e. The summed E-state index contributed by atoms with van der Waals surface area (Å²) in [6, 6.07) is 5.70. The Kier molecular flexibility index (Phi) is 6.53. The van der Waals surface area contributed by atoms with Crippen LogP contribution < -0.4 is 5.32 Å². The van der Waals surface area contributed by atoms with Gasteiger partial charge >= 0.3 is 6.18 Å². The SMILES string of the molecule is CCCNC(c1cccc(C(F)(F)F)c1)C(CC)CC. The van der Waals surface area contributed by atoms with Crippen LogP contribution in [0.2, 0.25) is 0 Å². The molecule has 0 aromatic heterocycles. The van der Waals surface area contributed by atoms with Crippen molar-refractivity contribution in [1.29, 1.82) is 0 Å². The summed E-state index contributed by atoms with van der Waals surface area (Å²) in [5, 5.41) is 3.40. The number of rotatable bonds is 7. The Morgan fingerprint density at radius 2 is 1.75 bits per heavy atom. The third-order valence-corrected chi connectivity index (χ3v) is 3.71. The van der Waals surface area contributed by atoms with Crippen molar-refractivity contribution in [3.8, 4) is 0 Å². The minimum atomic E-state index is -4.28. The van der Waals surface area contributed by atoms with Crippen molar-refractivity contribution >= 4 is 0 Å². The van der Waals surface area contributed by atoms with Crippen LogP contribution in [0.15, 0.2) is 24.3 Å². The Bertz CT molecular complexity index is 397. The molecule has 0 saturated carbocycles.